The largest absolute Gasteiger partial charge is 0.486 e. The van der Waals surface area contributed by atoms with E-state index in [1.54, 1.807) is 18.2 Å². The van der Waals surface area contributed by atoms with Gasteiger partial charge in [-0.1, -0.05) is 13.8 Å². The van der Waals surface area contributed by atoms with Gasteiger partial charge >= 0.3 is 5.97 Å². The number of ketones is 1. The van der Waals surface area contributed by atoms with Gasteiger partial charge in [-0.25, -0.2) is 4.79 Å². The number of benzene rings is 2. The standard InChI is InChI=1S/C26H27IO5/c1-24-10-9-17(13-24)26(3)25(24,2)18-11-15(6-8-21(18)32-26)20(28)14-31-22-12-16(23(29)30-4)5-7-19(22)27/h5-8,11-12,17H,9-10,13-14H2,1-4H3. The summed E-state index contributed by atoms with van der Waals surface area (Å²) in [4.78, 5) is 24.9. The highest BCUT2D eigenvalue weighted by molar-refractivity contribution is 14.1. The maximum absolute atomic E-state index is 13.1. The summed E-state index contributed by atoms with van der Waals surface area (Å²) < 4.78 is 18.0. The van der Waals surface area contributed by atoms with Crippen LogP contribution in [0.4, 0.5) is 0 Å². The summed E-state index contributed by atoms with van der Waals surface area (Å²) in [5.41, 5.74) is 2.02. The van der Waals surface area contributed by atoms with Gasteiger partial charge in [-0.2, -0.15) is 0 Å². The SMILES string of the molecule is COC(=O)c1ccc(I)c(OCC(=O)c2ccc3c(c2)C2(C)C4(C)CCC(C4)C2(C)O3)c1. The van der Waals surface area contributed by atoms with Crippen molar-refractivity contribution in [1.29, 1.82) is 0 Å². The molecular weight excluding hydrogens is 519 g/mol. The van der Waals surface area contributed by atoms with Crippen LogP contribution < -0.4 is 9.47 Å². The average Bonchev–Trinajstić information content (AvgIpc) is 3.35. The molecule has 2 bridgehead atoms. The fraction of sp³-hybridized carbons (Fsp3) is 0.462. The van der Waals surface area contributed by atoms with Gasteiger partial charge in [0.05, 0.1) is 16.2 Å². The van der Waals surface area contributed by atoms with E-state index in [1.807, 2.05) is 18.2 Å². The Morgan fingerprint density at radius 1 is 1.12 bits per heavy atom. The van der Waals surface area contributed by atoms with Crippen molar-refractivity contribution >= 4 is 34.3 Å². The summed E-state index contributed by atoms with van der Waals surface area (Å²) in [6, 6.07) is 10.9. The molecule has 0 radical (unpaired) electrons. The van der Waals surface area contributed by atoms with Crippen LogP contribution in [0.15, 0.2) is 36.4 Å². The molecule has 4 atom stereocenters. The number of carbonyl (C=O) groups excluding carboxylic acids is 2. The number of hydrogen-bond acceptors (Lipinski definition) is 5. The first-order chi connectivity index (χ1) is 15.1. The zero-order valence-electron chi connectivity index (χ0n) is 18.8. The number of ether oxygens (including phenoxy) is 3. The van der Waals surface area contributed by atoms with Gasteiger partial charge in [0.1, 0.15) is 17.1 Å². The van der Waals surface area contributed by atoms with E-state index in [4.69, 9.17) is 14.2 Å². The van der Waals surface area contributed by atoms with Gasteiger partial charge in [0, 0.05) is 16.5 Å². The molecule has 2 saturated carbocycles. The van der Waals surface area contributed by atoms with Gasteiger partial charge in [-0.05, 0) is 96.5 Å². The van der Waals surface area contributed by atoms with Crippen molar-refractivity contribution < 1.29 is 23.8 Å². The number of fused-ring (bicyclic) bond motifs is 7. The number of esters is 1. The second kappa shape index (κ2) is 7.20. The Balaban J connectivity index is 1.40. The monoisotopic (exact) mass is 546 g/mol. The molecule has 6 heteroatoms. The molecule has 3 aliphatic rings. The topological polar surface area (TPSA) is 61.8 Å². The Kier molecular flexibility index (Phi) is 4.89. The first kappa shape index (κ1) is 21.7. The van der Waals surface area contributed by atoms with E-state index >= 15 is 0 Å². The van der Waals surface area contributed by atoms with Crippen LogP contribution >= 0.6 is 22.6 Å². The van der Waals surface area contributed by atoms with Crippen LogP contribution in [0.3, 0.4) is 0 Å². The molecular formula is C26H27IO5. The summed E-state index contributed by atoms with van der Waals surface area (Å²) in [6.07, 6.45) is 3.58. The lowest BCUT2D eigenvalue weighted by atomic mass is 9.56. The molecule has 2 aromatic carbocycles. The lowest BCUT2D eigenvalue weighted by molar-refractivity contribution is -0.0260. The second-order valence-corrected chi connectivity index (χ2v) is 11.1. The molecule has 0 amide bonds. The Labute approximate surface area is 202 Å². The van der Waals surface area contributed by atoms with Gasteiger partial charge in [-0.3, -0.25) is 4.79 Å². The minimum absolute atomic E-state index is 0.0995. The molecule has 1 heterocycles. The van der Waals surface area contributed by atoms with Crippen molar-refractivity contribution in [3.63, 3.8) is 0 Å². The first-order valence-corrected chi connectivity index (χ1v) is 12.1. The van der Waals surface area contributed by atoms with E-state index < -0.39 is 5.97 Å². The van der Waals surface area contributed by atoms with Crippen LogP contribution in [0, 0.1) is 14.9 Å². The zero-order valence-corrected chi connectivity index (χ0v) is 20.9. The van der Waals surface area contributed by atoms with E-state index in [1.165, 1.54) is 26.4 Å². The normalized spacial score (nSPS) is 31.6. The summed E-state index contributed by atoms with van der Waals surface area (Å²) in [6.45, 7) is 6.85. The molecule has 2 fully saturated rings. The molecule has 4 unspecified atom stereocenters. The third-order valence-corrected chi connectivity index (χ3v) is 9.48. The minimum atomic E-state index is -0.438. The number of hydrogen-bond donors (Lipinski definition) is 0. The van der Waals surface area contributed by atoms with E-state index in [0.29, 0.717) is 22.8 Å². The molecule has 2 aliphatic carbocycles. The first-order valence-electron chi connectivity index (χ1n) is 11.0. The summed E-state index contributed by atoms with van der Waals surface area (Å²) in [5, 5.41) is 0. The molecule has 0 N–H and O–H groups in total. The summed E-state index contributed by atoms with van der Waals surface area (Å²) in [5.74, 6) is 1.41. The molecule has 5 nitrogen and oxygen atoms in total. The van der Waals surface area contributed by atoms with Crippen LogP contribution in [0.1, 0.15) is 66.3 Å². The smallest absolute Gasteiger partial charge is 0.337 e. The highest BCUT2D eigenvalue weighted by Gasteiger charge is 2.73. The minimum Gasteiger partial charge on any atom is -0.486 e. The van der Waals surface area contributed by atoms with Crippen molar-refractivity contribution in [2.75, 3.05) is 13.7 Å². The highest BCUT2D eigenvalue weighted by atomic mass is 127. The Bertz CT molecular complexity index is 1140. The maximum Gasteiger partial charge on any atom is 0.337 e. The molecule has 5 rings (SSSR count). The van der Waals surface area contributed by atoms with E-state index in [2.05, 4.69) is 43.4 Å². The lowest BCUT2D eigenvalue weighted by Crippen LogP contribution is -2.54. The van der Waals surface area contributed by atoms with Crippen LogP contribution in [0.5, 0.6) is 11.5 Å². The fourth-order valence-electron chi connectivity index (χ4n) is 6.45. The van der Waals surface area contributed by atoms with Crippen LogP contribution in [-0.4, -0.2) is 31.1 Å². The van der Waals surface area contributed by atoms with Gasteiger partial charge in [-0.15, -0.1) is 0 Å². The van der Waals surface area contributed by atoms with Crippen molar-refractivity contribution in [2.24, 2.45) is 11.3 Å². The van der Waals surface area contributed by atoms with Crippen LogP contribution in [0.2, 0.25) is 0 Å². The number of Topliss-reactive ketones (excluding diaryl/α,β-unsaturated/α-hetero) is 1. The molecule has 1 aliphatic heterocycles. The molecule has 0 spiro atoms. The van der Waals surface area contributed by atoms with Crippen LogP contribution in [0.25, 0.3) is 0 Å². The second-order valence-electron chi connectivity index (χ2n) is 9.89. The molecule has 168 valence electrons. The zero-order chi connectivity index (χ0) is 22.9. The summed E-state index contributed by atoms with van der Waals surface area (Å²) >= 11 is 2.13. The molecule has 32 heavy (non-hydrogen) atoms. The Morgan fingerprint density at radius 3 is 2.62 bits per heavy atom. The number of halogens is 1. The maximum atomic E-state index is 13.1. The number of methoxy groups -OCH3 is 1. The Hall–Kier alpha value is -2.09. The van der Waals surface area contributed by atoms with Crippen molar-refractivity contribution in [3.05, 3.63) is 56.7 Å². The van der Waals surface area contributed by atoms with E-state index in [-0.39, 0.29) is 28.8 Å². The predicted octanol–water partition coefficient (Wildman–Crippen LogP) is 5.57. The molecule has 2 aromatic rings. The van der Waals surface area contributed by atoms with Crippen molar-refractivity contribution in [2.45, 2.75) is 51.0 Å². The predicted molar refractivity (Wildman–Crippen MR) is 129 cm³/mol. The van der Waals surface area contributed by atoms with Crippen molar-refractivity contribution in [3.8, 4) is 11.5 Å². The third kappa shape index (κ3) is 2.80. The van der Waals surface area contributed by atoms with Gasteiger partial charge in [0.2, 0.25) is 0 Å². The summed E-state index contributed by atoms with van der Waals surface area (Å²) in [7, 11) is 1.34. The Morgan fingerprint density at radius 2 is 1.88 bits per heavy atom. The van der Waals surface area contributed by atoms with E-state index in [0.717, 1.165) is 14.9 Å². The molecule has 0 saturated heterocycles. The van der Waals surface area contributed by atoms with Crippen molar-refractivity contribution in [1.82, 2.24) is 0 Å². The quantitative estimate of drug-likeness (QED) is 0.279. The van der Waals surface area contributed by atoms with E-state index in [9.17, 15) is 9.59 Å². The number of carbonyl (C=O) groups is 2. The number of rotatable bonds is 5. The van der Waals surface area contributed by atoms with Crippen LogP contribution in [-0.2, 0) is 10.2 Å². The van der Waals surface area contributed by atoms with Gasteiger partial charge in [0.25, 0.3) is 0 Å². The third-order valence-electron chi connectivity index (χ3n) is 8.59. The van der Waals surface area contributed by atoms with Gasteiger partial charge in [0.15, 0.2) is 12.4 Å². The highest BCUT2D eigenvalue weighted by Crippen LogP contribution is 2.73. The molecule has 0 aromatic heterocycles. The lowest BCUT2D eigenvalue weighted by Gasteiger charge is -2.48. The van der Waals surface area contributed by atoms with Gasteiger partial charge < -0.3 is 14.2 Å². The average molecular weight is 546 g/mol. The fourth-order valence-corrected chi connectivity index (χ4v) is 6.94.